The second kappa shape index (κ2) is 3.19. The van der Waals surface area contributed by atoms with E-state index in [9.17, 15) is 9.59 Å². The summed E-state index contributed by atoms with van der Waals surface area (Å²) in [5, 5.41) is 0.186. The zero-order valence-electron chi connectivity index (χ0n) is 6.83. The van der Waals surface area contributed by atoms with Crippen LogP contribution in [-0.2, 0) is 0 Å². The maximum Gasteiger partial charge on any atom is 0.325 e. The Morgan fingerprint density at radius 3 is 2.64 bits per heavy atom. The highest BCUT2D eigenvalue weighted by Gasteiger charge is 2.07. The highest BCUT2D eigenvalue weighted by Crippen LogP contribution is 2.20. The second-order valence-electron chi connectivity index (χ2n) is 2.59. The molecule has 0 aliphatic heterocycles. The normalized spacial score (nSPS) is 10.4. The summed E-state index contributed by atoms with van der Waals surface area (Å²) in [6.07, 6.45) is 1.27. The first-order valence-electron chi connectivity index (χ1n) is 3.74. The number of nitrogens with one attached hydrogen (secondary N) is 2. The Labute approximate surface area is 82.3 Å². The molecule has 2 heterocycles. The molecular weight excluding hydrogens is 208 g/mol. The van der Waals surface area contributed by atoms with Gasteiger partial charge in [-0.05, 0) is 23.7 Å². The van der Waals surface area contributed by atoms with Crippen molar-refractivity contribution in [2.45, 2.75) is 0 Å². The Kier molecular flexibility index (Phi) is 2.01. The van der Waals surface area contributed by atoms with Crippen molar-refractivity contribution in [3.63, 3.8) is 0 Å². The average molecular weight is 213 g/mol. The van der Waals surface area contributed by atoms with E-state index in [2.05, 4.69) is 9.97 Å². The molecular formula is C8H5ClN2O3. The summed E-state index contributed by atoms with van der Waals surface area (Å²) in [5.74, 6) is 0.313. The summed E-state index contributed by atoms with van der Waals surface area (Å²) in [5.41, 5.74) is -0.840. The fraction of sp³-hybridized carbons (Fsp3) is 0. The fourth-order valence-corrected chi connectivity index (χ4v) is 1.20. The van der Waals surface area contributed by atoms with Gasteiger partial charge in [0.2, 0.25) is 0 Å². The molecule has 0 spiro atoms. The third-order valence-corrected chi connectivity index (χ3v) is 1.86. The summed E-state index contributed by atoms with van der Waals surface area (Å²) in [7, 11) is 0. The lowest BCUT2D eigenvalue weighted by Gasteiger charge is -1.92. The first-order valence-corrected chi connectivity index (χ1v) is 4.12. The first kappa shape index (κ1) is 8.83. The SMILES string of the molecule is O=c1[nH]cc(-c2ccc(Cl)o2)c(=O)[nH]1. The van der Waals surface area contributed by atoms with Gasteiger partial charge in [-0.25, -0.2) is 4.79 Å². The second-order valence-corrected chi connectivity index (χ2v) is 2.96. The van der Waals surface area contributed by atoms with E-state index in [-0.39, 0.29) is 10.8 Å². The van der Waals surface area contributed by atoms with Gasteiger partial charge in [0.15, 0.2) is 5.22 Å². The van der Waals surface area contributed by atoms with Crippen molar-refractivity contribution in [1.29, 1.82) is 0 Å². The summed E-state index contributed by atoms with van der Waals surface area (Å²) < 4.78 is 5.01. The maximum atomic E-state index is 11.3. The molecule has 2 N–H and O–H groups in total. The molecule has 0 fully saturated rings. The molecule has 14 heavy (non-hydrogen) atoms. The molecule has 0 radical (unpaired) electrons. The summed E-state index contributed by atoms with van der Waals surface area (Å²) in [4.78, 5) is 26.4. The van der Waals surface area contributed by atoms with Crippen LogP contribution in [0.15, 0.2) is 32.3 Å². The number of aromatic amines is 2. The van der Waals surface area contributed by atoms with Gasteiger partial charge in [0.1, 0.15) is 5.76 Å². The fourth-order valence-electron chi connectivity index (χ4n) is 1.05. The molecule has 2 rings (SSSR count). The predicted octanol–water partition coefficient (Wildman–Crippen LogP) is 0.977. The molecule has 0 aliphatic carbocycles. The van der Waals surface area contributed by atoms with Crippen molar-refractivity contribution < 1.29 is 4.42 Å². The number of hydrogen-bond acceptors (Lipinski definition) is 3. The van der Waals surface area contributed by atoms with E-state index in [1.54, 1.807) is 6.07 Å². The van der Waals surface area contributed by atoms with Crippen LogP contribution < -0.4 is 11.2 Å². The number of halogens is 1. The van der Waals surface area contributed by atoms with Crippen molar-refractivity contribution in [1.82, 2.24) is 9.97 Å². The molecule has 0 aromatic carbocycles. The molecule has 0 saturated heterocycles. The van der Waals surface area contributed by atoms with Crippen molar-refractivity contribution in [3.05, 3.63) is 44.4 Å². The topological polar surface area (TPSA) is 78.9 Å². The first-order chi connectivity index (χ1) is 6.66. The molecule has 0 unspecified atom stereocenters. The van der Waals surface area contributed by atoms with Gasteiger partial charge in [0.25, 0.3) is 5.56 Å². The largest absolute Gasteiger partial charge is 0.444 e. The molecule has 72 valence electrons. The molecule has 0 saturated carbocycles. The van der Waals surface area contributed by atoms with Crippen LogP contribution in [0.4, 0.5) is 0 Å². The van der Waals surface area contributed by atoms with Gasteiger partial charge in [-0.3, -0.25) is 9.78 Å². The lowest BCUT2D eigenvalue weighted by atomic mass is 10.3. The number of hydrogen-bond donors (Lipinski definition) is 2. The highest BCUT2D eigenvalue weighted by atomic mass is 35.5. The van der Waals surface area contributed by atoms with Crippen molar-refractivity contribution in [2.24, 2.45) is 0 Å². The van der Waals surface area contributed by atoms with E-state index >= 15 is 0 Å². The Bertz CT molecular complexity index is 566. The third kappa shape index (κ3) is 1.49. The molecule has 2 aromatic heterocycles. The van der Waals surface area contributed by atoms with E-state index in [0.717, 1.165) is 0 Å². The van der Waals surface area contributed by atoms with Crippen molar-refractivity contribution in [2.75, 3.05) is 0 Å². The molecule has 6 heteroatoms. The molecule has 2 aromatic rings. The van der Waals surface area contributed by atoms with Crippen LogP contribution in [0.25, 0.3) is 11.3 Å². The molecule has 5 nitrogen and oxygen atoms in total. The van der Waals surface area contributed by atoms with Gasteiger partial charge in [-0.1, -0.05) is 0 Å². The van der Waals surface area contributed by atoms with Crippen LogP contribution in [0.2, 0.25) is 5.22 Å². The quantitative estimate of drug-likeness (QED) is 0.740. The maximum absolute atomic E-state index is 11.3. The van der Waals surface area contributed by atoms with Crippen LogP contribution in [0.1, 0.15) is 0 Å². The van der Waals surface area contributed by atoms with Crippen molar-refractivity contribution >= 4 is 11.6 Å². The minimum absolute atomic E-state index is 0.186. The lowest BCUT2D eigenvalue weighted by molar-refractivity contribution is 0.583. The average Bonchev–Trinajstić information content (AvgIpc) is 2.51. The molecule has 0 atom stereocenters. The lowest BCUT2D eigenvalue weighted by Crippen LogP contribution is -2.22. The number of furan rings is 1. The minimum Gasteiger partial charge on any atom is -0.444 e. The number of aromatic nitrogens is 2. The van der Waals surface area contributed by atoms with E-state index < -0.39 is 11.2 Å². The standard InChI is InChI=1S/C8H5ClN2O3/c9-6-2-1-5(14-6)4-3-10-8(13)11-7(4)12/h1-3H,(H2,10,11,12,13). The van der Waals surface area contributed by atoms with Gasteiger partial charge >= 0.3 is 5.69 Å². The molecule has 0 aliphatic rings. The highest BCUT2D eigenvalue weighted by molar-refractivity contribution is 6.28. The third-order valence-electron chi connectivity index (χ3n) is 1.66. The monoisotopic (exact) mass is 212 g/mol. The van der Waals surface area contributed by atoms with Crippen molar-refractivity contribution in [3.8, 4) is 11.3 Å². The Hall–Kier alpha value is -1.75. The zero-order valence-corrected chi connectivity index (χ0v) is 7.59. The Morgan fingerprint density at radius 1 is 1.29 bits per heavy atom. The Balaban J connectivity index is 2.63. The van der Waals surface area contributed by atoms with Crippen LogP contribution in [0, 0.1) is 0 Å². The zero-order chi connectivity index (χ0) is 10.1. The summed E-state index contributed by atoms with van der Waals surface area (Å²) in [6.45, 7) is 0. The van der Waals surface area contributed by atoms with Gasteiger partial charge in [0.05, 0.1) is 5.56 Å². The summed E-state index contributed by atoms with van der Waals surface area (Å²) >= 11 is 5.54. The van der Waals surface area contributed by atoms with E-state index in [1.165, 1.54) is 12.3 Å². The molecule has 0 amide bonds. The van der Waals surface area contributed by atoms with Crippen LogP contribution in [-0.4, -0.2) is 9.97 Å². The van der Waals surface area contributed by atoms with E-state index in [4.69, 9.17) is 16.0 Å². The van der Waals surface area contributed by atoms with Gasteiger partial charge < -0.3 is 9.40 Å². The smallest absolute Gasteiger partial charge is 0.325 e. The van der Waals surface area contributed by atoms with Crippen LogP contribution in [0.5, 0.6) is 0 Å². The predicted molar refractivity (Wildman–Crippen MR) is 50.4 cm³/mol. The minimum atomic E-state index is -0.559. The van der Waals surface area contributed by atoms with E-state index in [0.29, 0.717) is 5.76 Å². The number of rotatable bonds is 1. The van der Waals surface area contributed by atoms with E-state index in [1.807, 2.05) is 0 Å². The van der Waals surface area contributed by atoms with Gasteiger partial charge in [0, 0.05) is 6.20 Å². The molecule has 0 bridgehead atoms. The van der Waals surface area contributed by atoms with Gasteiger partial charge in [-0.2, -0.15) is 0 Å². The summed E-state index contributed by atoms with van der Waals surface area (Å²) in [6, 6.07) is 3.06. The van der Waals surface area contributed by atoms with Crippen LogP contribution in [0.3, 0.4) is 0 Å². The number of H-pyrrole nitrogens is 2. The van der Waals surface area contributed by atoms with Gasteiger partial charge in [-0.15, -0.1) is 0 Å². The van der Waals surface area contributed by atoms with Crippen LogP contribution >= 0.6 is 11.6 Å². The Morgan fingerprint density at radius 2 is 2.07 bits per heavy atom.